The van der Waals surface area contributed by atoms with Crippen LogP contribution in [0.25, 0.3) is 18.2 Å². The summed E-state index contributed by atoms with van der Waals surface area (Å²) in [7, 11) is 0. The number of ether oxygens (including phenoxy) is 1. The Morgan fingerprint density at radius 3 is 2.33 bits per heavy atom. The molecule has 0 saturated carbocycles. The molecule has 2 aromatic carbocycles. The molecule has 6 heteroatoms. The van der Waals surface area contributed by atoms with Crippen LogP contribution in [-0.2, 0) is 9.53 Å². The van der Waals surface area contributed by atoms with E-state index in [0.29, 0.717) is 20.6 Å². The molecule has 0 fully saturated rings. The molecule has 0 N–H and O–H groups in total. The van der Waals surface area contributed by atoms with Crippen molar-refractivity contribution in [1.82, 2.24) is 4.57 Å². The number of carbonyl (C=O) groups is 1. The van der Waals surface area contributed by atoms with Crippen molar-refractivity contribution in [3.8, 4) is 0 Å². The molecule has 1 aromatic heterocycles. The van der Waals surface area contributed by atoms with Crippen LogP contribution in [0.3, 0.4) is 0 Å². The zero-order valence-electron chi connectivity index (χ0n) is 18.5. The van der Waals surface area contributed by atoms with Crippen molar-refractivity contribution >= 4 is 35.5 Å². The van der Waals surface area contributed by atoms with E-state index in [9.17, 15) is 9.59 Å². The third-order valence-electron chi connectivity index (χ3n) is 5.17. The zero-order valence-corrected chi connectivity index (χ0v) is 19.3. The largest absolute Gasteiger partial charge is 0.463 e. The minimum absolute atomic E-state index is 0.187. The molecule has 1 aliphatic rings. The number of benzene rings is 2. The zero-order chi connectivity index (χ0) is 23.2. The first-order valence-corrected chi connectivity index (χ1v) is 11.5. The minimum atomic E-state index is -0.597. The monoisotopic (exact) mass is 456 g/mol. The summed E-state index contributed by atoms with van der Waals surface area (Å²) in [6.07, 6.45) is 9.37. The molecule has 1 atom stereocenters. The molecular formula is C27H24N2O3S. The molecule has 4 rings (SSSR count). The molecule has 0 aliphatic carbocycles. The first-order valence-electron chi connectivity index (χ1n) is 10.7. The second-order valence-corrected chi connectivity index (χ2v) is 8.42. The van der Waals surface area contributed by atoms with Crippen LogP contribution in [0.15, 0.2) is 93.9 Å². The lowest BCUT2D eigenvalue weighted by molar-refractivity contribution is -0.139. The highest BCUT2D eigenvalue weighted by atomic mass is 32.1. The summed E-state index contributed by atoms with van der Waals surface area (Å²) in [5.74, 6) is -0.459. The number of aromatic nitrogens is 1. The lowest BCUT2D eigenvalue weighted by atomic mass is 10.0. The van der Waals surface area contributed by atoms with Gasteiger partial charge in [0.15, 0.2) is 4.80 Å². The minimum Gasteiger partial charge on any atom is -0.463 e. The van der Waals surface area contributed by atoms with Crippen LogP contribution < -0.4 is 14.9 Å². The molecule has 0 saturated heterocycles. The molecule has 0 spiro atoms. The summed E-state index contributed by atoms with van der Waals surface area (Å²) >= 11 is 1.31. The predicted octanol–water partition coefficient (Wildman–Crippen LogP) is 4.13. The van der Waals surface area contributed by atoms with Crippen molar-refractivity contribution in [3.63, 3.8) is 0 Å². The second kappa shape index (κ2) is 10.2. The Balaban J connectivity index is 1.79. The van der Waals surface area contributed by atoms with Crippen LogP contribution in [0.5, 0.6) is 0 Å². The number of fused-ring (bicyclic) bond motifs is 1. The van der Waals surface area contributed by atoms with Crippen LogP contribution in [-0.4, -0.2) is 17.1 Å². The first kappa shape index (κ1) is 22.4. The number of rotatable bonds is 6. The van der Waals surface area contributed by atoms with Gasteiger partial charge >= 0.3 is 5.97 Å². The van der Waals surface area contributed by atoms with E-state index >= 15 is 0 Å². The third-order valence-corrected chi connectivity index (χ3v) is 6.17. The first-order chi connectivity index (χ1) is 16.1. The Labute approximate surface area is 196 Å². The summed E-state index contributed by atoms with van der Waals surface area (Å²) in [5, 5.41) is 0. The topological polar surface area (TPSA) is 60.7 Å². The van der Waals surface area contributed by atoms with Gasteiger partial charge in [0, 0.05) is 0 Å². The van der Waals surface area contributed by atoms with Crippen molar-refractivity contribution in [2.75, 3.05) is 6.61 Å². The molecule has 0 amide bonds. The molecule has 5 nitrogen and oxygen atoms in total. The SMILES string of the molecule is CCOC(=O)C1=C(C)N=c2sc(=C/C=C/c3ccccc3)c(=O)n2[C@@H]1/C=C/c1ccccc1. The van der Waals surface area contributed by atoms with E-state index in [4.69, 9.17) is 4.74 Å². The van der Waals surface area contributed by atoms with Crippen LogP contribution in [0.1, 0.15) is 31.0 Å². The van der Waals surface area contributed by atoms with Gasteiger partial charge < -0.3 is 4.74 Å². The Morgan fingerprint density at radius 1 is 1.06 bits per heavy atom. The number of hydrogen-bond donors (Lipinski definition) is 0. The Hall–Kier alpha value is -3.77. The summed E-state index contributed by atoms with van der Waals surface area (Å²) < 4.78 is 7.42. The molecule has 0 unspecified atom stereocenters. The van der Waals surface area contributed by atoms with E-state index in [2.05, 4.69) is 4.99 Å². The molecule has 2 heterocycles. The number of nitrogens with zero attached hydrogens (tertiary/aromatic N) is 2. The van der Waals surface area contributed by atoms with Gasteiger partial charge in [-0.05, 0) is 31.1 Å². The highest BCUT2D eigenvalue weighted by Gasteiger charge is 2.30. The lowest BCUT2D eigenvalue weighted by Gasteiger charge is -2.21. The maximum absolute atomic E-state index is 13.4. The van der Waals surface area contributed by atoms with E-state index < -0.39 is 12.0 Å². The average Bonchev–Trinajstić information content (AvgIpc) is 3.13. The molecule has 0 radical (unpaired) electrons. The normalized spacial score (nSPS) is 16.3. The van der Waals surface area contributed by atoms with E-state index in [1.165, 1.54) is 11.3 Å². The Kier molecular flexibility index (Phi) is 6.95. The van der Waals surface area contributed by atoms with Gasteiger partial charge in [0.05, 0.1) is 28.5 Å². The van der Waals surface area contributed by atoms with Gasteiger partial charge in [-0.3, -0.25) is 9.36 Å². The van der Waals surface area contributed by atoms with E-state index in [0.717, 1.165) is 11.1 Å². The average molecular weight is 457 g/mol. The van der Waals surface area contributed by atoms with Gasteiger partial charge in [-0.15, -0.1) is 0 Å². The van der Waals surface area contributed by atoms with Crippen molar-refractivity contribution in [2.24, 2.45) is 4.99 Å². The maximum Gasteiger partial charge on any atom is 0.338 e. The van der Waals surface area contributed by atoms with Crippen LogP contribution in [0, 0.1) is 0 Å². The maximum atomic E-state index is 13.4. The Bertz CT molecular complexity index is 1410. The second-order valence-electron chi connectivity index (χ2n) is 7.41. The lowest BCUT2D eigenvalue weighted by Crippen LogP contribution is -2.38. The van der Waals surface area contributed by atoms with Gasteiger partial charge in [0.1, 0.15) is 0 Å². The van der Waals surface area contributed by atoms with Crippen molar-refractivity contribution in [2.45, 2.75) is 19.9 Å². The standard InChI is InChI=1S/C27H24N2O3S/c1-3-32-26(31)24-19(2)28-27-29(22(24)18-17-21-13-8-5-9-14-21)25(30)23(33-27)16-10-15-20-11-6-4-7-12-20/h4-18,22H,3H2,1-2H3/b15-10+,18-17+,23-16?/t22-/m1/s1. The van der Waals surface area contributed by atoms with Crippen LogP contribution >= 0.6 is 11.3 Å². The fourth-order valence-electron chi connectivity index (χ4n) is 3.61. The third kappa shape index (κ3) is 5.02. The molecular weight excluding hydrogens is 432 g/mol. The number of carbonyl (C=O) groups excluding carboxylic acids is 1. The van der Waals surface area contributed by atoms with E-state index in [1.807, 2.05) is 85.0 Å². The molecule has 0 bridgehead atoms. The fourth-order valence-corrected chi connectivity index (χ4v) is 4.61. The highest BCUT2D eigenvalue weighted by Crippen LogP contribution is 2.26. The summed E-state index contributed by atoms with van der Waals surface area (Å²) in [6, 6.07) is 19.0. The molecule has 3 aromatic rings. The number of allylic oxidation sites excluding steroid dienone is 3. The van der Waals surface area contributed by atoms with Gasteiger partial charge in [-0.25, -0.2) is 9.79 Å². The quantitative estimate of drug-likeness (QED) is 0.524. The number of hydrogen-bond acceptors (Lipinski definition) is 5. The smallest absolute Gasteiger partial charge is 0.338 e. The van der Waals surface area contributed by atoms with E-state index in [-0.39, 0.29) is 12.2 Å². The van der Waals surface area contributed by atoms with Crippen LogP contribution in [0.4, 0.5) is 0 Å². The molecule has 1 aliphatic heterocycles. The molecule has 33 heavy (non-hydrogen) atoms. The fraction of sp³-hybridized carbons (Fsp3) is 0.148. The van der Waals surface area contributed by atoms with Gasteiger partial charge in [-0.1, -0.05) is 96.3 Å². The summed E-state index contributed by atoms with van der Waals surface area (Å²) in [6.45, 7) is 3.79. The van der Waals surface area contributed by atoms with Crippen LogP contribution in [0.2, 0.25) is 0 Å². The highest BCUT2D eigenvalue weighted by molar-refractivity contribution is 7.07. The van der Waals surface area contributed by atoms with Gasteiger partial charge in [0.25, 0.3) is 5.56 Å². The van der Waals surface area contributed by atoms with Gasteiger partial charge in [0.2, 0.25) is 0 Å². The predicted molar refractivity (Wildman–Crippen MR) is 133 cm³/mol. The van der Waals surface area contributed by atoms with Crippen molar-refractivity contribution in [1.29, 1.82) is 0 Å². The van der Waals surface area contributed by atoms with E-state index in [1.54, 1.807) is 24.5 Å². The summed E-state index contributed by atoms with van der Waals surface area (Å²) in [4.78, 5) is 31.3. The van der Waals surface area contributed by atoms with Gasteiger partial charge in [-0.2, -0.15) is 0 Å². The number of thiazole rings is 1. The molecule has 166 valence electrons. The number of esters is 1. The Morgan fingerprint density at radius 2 is 1.70 bits per heavy atom. The summed E-state index contributed by atoms with van der Waals surface area (Å²) in [5.41, 5.74) is 2.77. The van der Waals surface area contributed by atoms with Crippen molar-refractivity contribution < 1.29 is 9.53 Å². The van der Waals surface area contributed by atoms with Crippen molar-refractivity contribution in [3.05, 3.63) is 115 Å².